The predicted molar refractivity (Wildman–Crippen MR) is 222 cm³/mol. The van der Waals surface area contributed by atoms with Crippen molar-refractivity contribution in [1.29, 1.82) is 0 Å². The van der Waals surface area contributed by atoms with Gasteiger partial charge in [0.05, 0.1) is 0 Å². The molecule has 0 fully saturated rings. The van der Waals surface area contributed by atoms with Crippen molar-refractivity contribution in [2.45, 2.75) is 13.8 Å². The van der Waals surface area contributed by atoms with Crippen LogP contribution in [-0.2, 0) is 26.2 Å². The minimum absolute atomic E-state index is 0. The minimum atomic E-state index is 0. The Bertz CT molecular complexity index is 2070. The third kappa shape index (κ3) is 11.1. The van der Waals surface area contributed by atoms with Gasteiger partial charge in [-0.1, -0.05) is 183 Å². The van der Waals surface area contributed by atoms with Crippen molar-refractivity contribution in [2.24, 2.45) is 0 Å². The Morgan fingerprint density at radius 3 is 1.10 bits per heavy atom. The molecule has 0 saturated carbocycles. The van der Waals surface area contributed by atoms with Gasteiger partial charge in [0.25, 0.3) is 0 Å². The topological polar surface area (TPSA) is 0 Å². The van der Waals surface area contributed by atoms with E-state index in [1.54, 1.807) is 0 Å². The van der Waals surface area contributed by atoms with E-state index in [1.807, 2.05) is 36.4 Å². The van der Waals surface area contributed by atoms with E-state index >= 15 is 0 Å². The molecular weight excluding hydrogens is 692 g/mol. The Kier molecular flexibility index (Phi) is 15.3. The van der Waals surface area contributed by atoms with Crippen LogP contribution in [0.2, 0.25) is 0 Å². The predicted octanol–water partition coefficient (Wildman–Crippen LogP) is 14.3. The molecule has 0 aliphatic heterocycles. The first-order valence-corrected chi connectivity index (χ1v) is 17.0. The molecule has 8 aromatic rings. The second-order valence-corrected chi connectivity index (χ2v) is 12.0. The normalized spacial score (nSPS) is 10.4. The summed E-state index contributed by atoms with van der Waals surface area (Å²) < 4.78 is 0. The van der Waals surface area contributed by atoms with Crippen LogP contribution in [0.25, 0.3) is 56.0 Å². The van der Waals surface area contributed by atoms with Crippen LogP contribution in [0.4, 0.5) is 0 Å². The number of rotatable bonds is 5. The van der Waals surface area contributed by atoms with Gasteiger partial charge in [0.1, 0.15) is 0 Å². The Hall–Kier alpha value is -5.36. The molecule has 0 aliphatic rings. The molecule has 0 atom stereocenters. The zero-order valence-corrected chi connectivity index (χ0v) is 32.0. The van der Waals surface area contributed by atoms with Crippen molar-refractivity contribution < 1.29 is 26.2 Å². The van der Waals surface area contributed by atoms with E-state index in [1.165, 1.54) is 66.1 Å². The molecule has 0 amide bonds. The summed E-state index contributed by atoms with van der Waals surface area (Å²) in [7, 11) is 0. The molecule has 0 aliphatic carbocycles. The largest absolute Gasteiger partial charge is 2.00 e. The maximum Gasteiger partial charge on any atom is 2.00 e. The molecule has 51 heavy (non-hydrogen) atoms. The van der Waals surface area contributed by atoms with Crippen LogP contribution in [0.3, 0.4) is 0 Å². The van der Waals surface area contributed by atoms with Crippen LogP contribution in [0.1, 0.15) is 22.3 Å². The quantitative estimate of drug-likeness (QED) is 0.0938. The number of fused-ring (bicyclic) bond motifs is 2. The fourth-order valence-corrected chi connectivity index (χ4v) is 5.97. The minimum Gasteiger partial charge on any atom is -0.165 e. The van der Waals surface area contributed by atoms with Gasteiger partial charge in [-0.25, -0.2) is 0 Å². The van der Waals surface area contributed by atoms with E-state index in [2.05, 4.69) is 197 Å². The van der Waals surface area contributed by atoms with Gasteiger partial charge in [0.15, 0.2) is 0 Å². The number of benzene rings is 6. The van der Waals surface area contributed by atoms with Gasteiger partial charge >= 0.3 is 26.2 Å². The molecule has 0 bridgehead atoms. The van der Waals surface area contributed by atoms with Gasteiger partial charge in [0, 0.05) is 0 Å². The number of aryl methyl sites for hydroxylation is 2. The molecule has 1 heteroatoms. The summed E-state index contributed by atoms with van der Waals surface area (Å²) in [4.78, 5) is 0. The van der Waals surface area contributed by atoms with E-state index in [9.17, 15) is 0 Å². The smallest absolute Gasteiger partial charge is 0.165 e. The van der Waals surface area contributed by atoms with Gasteiger partial charge in [-0.15, -0.1) is 82.2 Å². The molecule has 0 unspecified atom stereocenters. The Labute approximate surface area is 323 Å². The summed E-state index contributed by atoms with van der Waals surface area (Å²) in [5.74, 6) is 0. The average molecular weight is 736 g/mol. The maximum absolute atomic E-state index is 3.00. The van der Waals surface area contributed by atoms with Crippen molar-refractivity contribution in [2.75, 3.05) is 0 Å². The third-order valence-electron chi connectivity index (χ3n) is 8.25. The van der Waals surface area contributed by atoms with Crippen molar-refractivity contribution >= 4 is 33.7 Å². The van der Waals surface area contributed by atoms with Gasteiger partial charge in [0.2, 0.25) is 0 Å². The Morgan fingerprint density at radius 2 is 0.745 bits per heavy atom. The molecule has 8 rings (SSSR count). The molecule has 0 radical (unpaired) electrons. The zero-order valence-electron chi connectivity index (χ0n) is 29.5. The molecule has 8 aromatic carbocycles. The molecule has 0 nitrogen and oxygen atoms in total. The molecule has 0 spiro atoms. The van der Waals surface area contributed by atoms with Crippen LogP contribution in [0.5, 0.6) is 0 Å². The molecule has 248 valence electrons. The van der Waals surface area contributed by atoms with Crippen LogP contribution in [0, 0.1) is 13.8 Å². The maximum atomic E-state index is 3.00. The first-order chi connectivity index (χ1) is 24.6. The molecule has 0 heterocycles. The van der Waals surface area contributed by atoms with Crippen LogP contribution in [0.15, 0.2) is 207 Å². The van der Waals surface area contributed by atoms with Crippen molar-refractivity contribution in [1.82, 2.24) is 0 Å². The molecule has 0 aromatic heterocycles. The molecule has 0 N–H and O–H groups in total. The van der Waals surface area contributed by atoms with E-state index in [0.717, 1.165) is 0 Å². The molecule has 0 saturated heterocycles. The Balaban J connectivity index is 0.000000166. The van der Waals surface area contributed by atoms with Crippen LogP contribution >= 0.6 is 0 Å². The Morgan fingerprint density at radius 1 is 0.412 bits per heavy atom. The number of hydrogen-bond donors (Lipinski definition) is 0. The zero-order chi connectivity index (χ0) is 35.0. The van der Waals surface area contributed by atoms with Gasteiger partial charge < -0.3 is 0 Å². The standard InChI is InChI=1S/2C16H13.C16H14.C2H4.Zr/c2*1-12-10-14-8-5-9-15(16(14)11-12)13-6-3-2-4-7-13;1-3-9-15(10-4-1)13-7-8-14-16-11-5-2-6-12-16;1-2;/h2*2-11H,1H3;1-14H;1-2H2;/q2*-1;;;+2. The number of allylic oxidation sites excluding steroid dienone is 2. The van der Waals surface area contributed by atoms with Crippen LogP contribution < -0.4 is 0 Å². The van der Waals surface area contributed by atoms with Gasteiger partial charge in [-0.2, -0.15) is 12.1 Å². The third-order valence-corrected chi connectivity index (χ3v) is 8.25. The summed E-state index contributed by atoms with van der Waals surface area (Å²) >= 11 is 0. The average Bonchev–Trinajstić information content (AvgIpc) is 3.77. The summed E-state index contributed by atoms with van der Waals surface area (Å²) in [6.07, 6.45) is 8.31. The van der Waals surface area contributed by atoms with E-state index in [0.29, 0.717) is 0 Å². The van der Waals surface area contributed by atoms with Crippen molar-refractivity contribution in [3.8, 4) is 22.3 Å². The van der Waals surface area contributed by atoms with E-state index in [-0.39, 0.29) is 26.2 Å². The first-order valence-electron chi connectivity index (χ1n) is 17.0. The molecular formula is C50H44Zr. The van der Waals surface area contributed by atoms with E-state index < -0.39 is 0 Å². The van der Waals surface area contributed by atoms with Crippen molar-refractivity contribution in [3.63, 3.8) is 0 Å². The van der Waals surface area contributed by atoms with Gasteiger partial charge in [-0.3, -0.25) is 0 Å². The second kappa shape index (κ2) is 20.3. The summed E-state index contributed by atoms with van der Waals surface area (Å²) in [5.41, 5.74) is 10.3. The second-order valence-electron chi connectivity index (χ2n) is 12.0. The van der Waals surface area contributed by atoms with Crippen LogP contribution in [-0.4, -0.2) is 0 Å². The SMILES string of the molecule is C(C=Cc1ccccc1)=Cc1ccccc1.C=C.Cc1cc2c(-c3ccccc3)cccc2[cH-]1.Cc1cc2c(-c3ccccc3)cccc2[cH-]1.[Zr+2]. The first kappa shape index (κ1) is 38.4. The fourth-order valence-electron chi connectivity index (χ4n) is 5.97. The van der Waals surface area contributed by atoms with Crippen molar-refractivity contribution in [3.05, 3.63) is 230 Å². The number of hydrogen-bond acceptors (Lipinski definition) is 0. The monoisotopic (exact) mass is 734 g/mol. The summed E-state index contributed by atoms with van der Waals surface area (Å²) in [6.45, 7) is 10.3. The van der Waals surface area contributed by atoms with E-state index in [4.69, 9.17) is 0 Å². The fraction of sp³-hybridized carbons (Fsp3) is 0.0400. The van der Waals surface area contributed by atoms with Gasteiger partial charge in [-0.05, 0) is 22.3 Å². The summed E-state index contributed by atoms with van der Waals surface area (Å²) in [5, 5.41) is 5.37. The summed E-state index contributed by atoms with van der Waals surface area (Å²) in [6, 6.07) is 63.7.